The van der Waals surface area contributed by atoms with E-state index < -0.39 is 11.8 Å². The number of carbonyl (C=O) groups is 3. The van der Waals surface area contributed by atoms with Gasteiger partial charge in [-0.25, -0.2) is 0 Å². The third kappa shape index (κ3) is 7.52. The number of carbonyl (C=O) groups excluding carboxylic acids is 3. The van der Waals surface area contributed by atoms with Gasteiger partial charge in [-0.05, 0) is 77.2 Å². The second-order valence-corrected chi connectivity index (χ2v) is 12.3. The molecule has 1 aliphatic rings. The second kappa shape index (κ2) is 15.0. The van der Waals surface area contributed by atoms with Crippen LogP contribution in [0.3, 0.4) is 0 Å². The Morgan fingerprint density at radius 1 is 0.694 bits per heavy atom. The summed E-state index contributed by atoms with van der Waals surface area (Å²) in [6, 6.07) is 33.4. The molecule has 0 saturated heterocycles. The Kier molecular flexibility index (Phi) is 10.1. The number of nitrogens with one attached hydrogen (secondary N) is 2. The first-order valence-corrected chi connectivity index (χ1v) is 16.5. The van der Waals surface area contributed by atoms with Crippen LogP contribution in [0, 0.1) is 0 Å². The minimum atomic E-state index is -0.557. The topological polar surface area (TPSA) is 103 Å². The van der Waals surface area contributed by atoms with E-state index in [9.17, 15) is 14.4 Å². The molecule has 2 amide bonds. The molecular formula is C40H34N2O6S. The van der Waals surface area contributed by atoms with Crippen molar-refractivity contribution in [1.82, 2.24) is 5.32 Å². The maximum Gasteiger partial charge on any atom is 0.272 e. The molecule has 0 aliphatic heterocycles. The van der Waals surface area contributed by atoms with Crippen LogP contribution in [0.4, 0.5) is 5.69 Å². The summed E-state index contributed by atoms with van der Waals surface area (Å²) >= 11 is 1.39. The number of benzene rings is 5. The number of amides is 2. The predicted octanol–water partition coefficient (Wildman–Crippen LogP) is 7.67. The van der Waals surface area contributed by atoms with Crippen molar-refractivity contribution < 1.29 is 28.6 Å². The zero-order chi connectivity index (χ0) is 34.3. The Bertz CT molecular complexity index is 2080. The lowest BCUT2D eigenvalue weighted by Crippen LogP contribution is -2.30. The first-order valence-electron chi connectivity index (χ1n) is 15.5. The van der Waals surface area contributed by atoms with Crippen molar-refractivity contribution in [3.8, 4) is 28.4 Å². The molecule has 2 N–H and O–H groups in total. The van der Waals surface area contributed by atoms with Crippen molar-refractivity contribution in [2.24, 2.45) is 0 Å². The monoisotopic (exact) mass is 670 g/mol. The molecule has 0 unspecified atom stereocenters. The smallest absolute Gasteiger partial charge is 0.272 e. The predicted molar refractivity (Wildman–Crippen MR) is 193 cm³/mol. The van der Waals surface area contributed by atoms with Crippen LogP contribution < -0.4 is 24.8 Å². The number of hydrogen-bond donors (Lipinski definition) is 2. The first-order chi connectivity index (χ1) is 23.9. The Morgan fingerprint density at radius 3 is 2.18 bits per heavy atom. The van der Waals surface area contributed by atoms with Crippen LogP contribution in [-0.2, 0) is 11.2 Å². The van der Waals surface area contributed by atoms with Gasteiger partial charge in [-0.2, -0.15) is 0 Å². The molecular weight excluding hydrogens is 637 g/mol. The summed E-state index contributed by atoms with van der Waals surface area (Å²) in [5, 5.41) is 5.64. The third-order valence-corrected chi connectivity index (χ3v) is 9.14. The van der Waals surface area contributed by atoms with Crippen LogP contribution in [0.5, 0.6) is 17.2 Å². The van der Waals surface area contributed by atoms with E-state index in [4.69, 9.17) is 14.2 Å². The van der Waals surface area contributed by atoms with E-state index in [0.717, 1.165) is 16.9 Å². The highest BCUT2D eigenvalue weighted by atomic mass is 32.2. The Balaban J connectivity index is 1.19. The molecule has 0 atom stereocenters. The first kappa shape index (κ1) is 33.1. The number of anilines is 1. The minimum Gasteiger partial charge on any atom is -0.496 e. The number of methoxy groups -OCH3 is 3. The number of ether oxygens (including phenoxy) is 3. The summed E-state index contributed by atoms with van der Waals surface area (Å²) in [5.74, 6) is 0.529. The summed E-state index contributed by atoms with van der Waals surface area (Å²) in [7, 11) is 4.52. The van der Waals surface area contributed by atoms with Gasteiger partial charge in [0, 0.05) is 33.3 Å². The van der Waals surface area contributed by atoms with Gasteiger partial charge in [0.2, 0.25) is 0 Å². The lowest BCUT2D eigenvalue weighted by atomic mass is 10.0. The SMILES string of the molecule is COc1cc(OC)c(OC)cc1/C=C(\NC(=O)c1ccccc1)C(=O)Nc1cccc(SCC(=O)c2ccc3c(c2)Cc2ccccc2-3)c1. The van der Waals surface area contributed by atoms with Crippen LogP contribution in [0.15, 0.2) is 120 Å². The number of fused-ring (bicyclic) bond motifs is 3. The largest absolute Gasteiger partial charge is 0.496 e. The standard InChI is InChI=1S/C40H34N2O6S/c1-46-36-23-38(48-3)37(47-2)21-29(36)20-34(42-39(44)25-10-5-4-6-11-25)40(45)41-30-13-9-14-31(22-30)49-24-35(43)27-16-17-33-28(19-27)18-26-12-7-8-15-32(26)33/h4-17,19-23H,18,24H2,1-3H3,(H,41,45)(H,42,44)/b34-20-. The number of thioether (sulfide) groups is 1. The number of ketones is 1. The van der Waals surface area contributed by atoms with Crippen LogP contribution >= 0.6 is 11.8 Å². The fourth-order valence-corrected chi connectivity index (χ4v) is 6.53. The van der Waals surface area contributed by atoms with Gasteiger partial charge in [-0.15, -0.1) is 11.8 Å². The molecule has 5 aromatic carbocycles. The van der Waals surface area contributed by atoms with E-state index in [1.165, 1.54) is 55.9 Å². The molecule has 0 aromatic heterocycles. The van der Waals surface area contributed by atoms with Crippen LogP contribution in [0.1, 0.15) is 37.4 Å². The van der Waals surface area contributed by atoms with Crippen molar-refractivity contribution in [1.29, 1.82) is 0 Å². The summed E-state index contributed by atoms with van der Waals surface area (Å²) in [4.78, 5) is 40.9. The lowest BCUT2D eigenvalue weighted by Gasteiger charge is -2.15. The van der Waals surface area contributed by atoms with Crippen molar-refractivity contribution in [3.63, 3.8) is 0 Å². The summed E-state index contributed by atoms with van der Waals surface area (Å²) in [5.41, 5.74) is 6.87. The Hall–Kier alpha value is -5.80. The minimum absolute atomic E-state index is 0.0219. The van der Waals surface area contributed by atoms with E-state index in [-0.39, 0.29) is 17.2 Å². The zero-order valence-electron chi connectivity index (χ0n) is 27.2. The number of rotatable bonds is 12. The van der Waals surface area contributed by atoms with Crippen LogP contribution in [0.2, 0.25) is 0 Å². The van der Waals surface area contributed by atoms with E-state index in [0.29, 0.717) is 39.6 Å². The second-order valence-electron chi connectivity index (χ2n) is 11.2. The molecule has 1 aliphatic carbocycles. The van der Waals surface area contributed by atoms with Gasteiger partial charge in [0.1, 0.15) is 11.4 Å². The lowest BCUT2D eigenvalue weighted by molar-refractivity contribution is -0.113. The maximum atomic E-state index is 13.7. The molecule has 0 radical (unpaired) electrons. The van der Waals surface area contributed by atoms with Gasteiger partial charge in [0.15, 0.2) is 17.3 Å². The van der Waals surface area contributed by atoms with Gasteiger partial charge in [0.25, 0.3) is 11.8 Å². The molecule has 0 heterocycles. The molecule has 9 heteroatoms. The quantitative estimate of drug-likeness (QED) is 0.0783. The van der Waals surface area contributed by atoms with Gasteiger partial charge in [-0.3, -0.25) is 14.4 Å². The summed E-state index contributed by atoms with van der Waals surface area (Å²) in [6.45, 7) is 0. The van der Waals surface area contributed by atoms with Crippen LogP contribution in [0.25, 0.3) is 17.2 Å². The highest BCUT2D eigenvalue weighted by molar-refractivity contribution is 8.00. The van der Waals surface area contributed by atoms with Crippen LogP contribution in [-0.4, -0.2) is 44.7 Å². The van der Waals surface area contributed by atoms with Gasteiger partial charge in [0.05, 0.1) is 27.1 Å². The molecule has 49 heavy (non-hydrogen) atoms. The van der Waals surface area contributed by atoms with Crippen molar-refractivity contribution in [2.45, 2.75) is 11.3 Å². The summed E-state index contributed by atoms with van der Waals surface area (Å²) in [6.07, 6.45) is 2.34. The van der Waals surface area contributed by atoms with Crippen molar-refractivity contribution in [2.75, 3.05) is 32.4 Å². The highest BCUT2D eigenvalue weighted by Crippen LogP contribution is 2.38. The van der Waals surface area contributed by atoms with Crippen molar-refractivity contribution >= 4 is 41.1 Å². The number of Topliss-reactive ketones (excluding diaryl/α,β-unsaturated/α-hetero) is 1. The fourth-order valence-electron chi connectivity index (χ4n) is 5.68. The van der Waals surface area contributed by atoms with Gasteiger partial charge in [-0.1, -0.05) is 60.7 Å². The Morgan fingerprint density at radius 2 is 1.41 bits per heavy atom. The summed E-state index contributed by atoms with van der Waals surface area (Å²) < 4.78 is 16.4. The molecule has 0 bridgehead atoms. The maximum absolute atomic E-state index is 13.7. The molecule has 0 spiro atoms. The highest BCUT2D eigenvalue weighted by Gasteiger charge is 2.21. The fraction of sp³-hybridized carbons (Fsp3) is 0.125. The molecule has 8 nitrogen and oxygen atoms in total. The average Bonchev–Trinajstić information content (AvgIpc) is 3.51. The number of hydrogen-bond acceptors (Lipinski definition) is 7. The van der Waals surface area contributed by atoms with Crippen molar-refractivity contribution in [3.05, 3.63) is 143 Å². The van der Waals surface area contributed by atoms with Gasteiger partial charge < -0.3 is 24.8 Å². The Labute approximate surface area is 289 Å². The zero-order valence-corrected chi connectivity index (χ0v) is 28.1. The molecule has 246 valence electrons. The van der Waals surface area contributed by atoms with Gasteiger partial charge >= 0.3 is 0 Å². The van der Waals surface area contributed by atoms with E-state index in [2.05, 4.69) is 22.8 Å². The molecule has 5 aromatic rings. The molecule has 0 saturated carbocycles. The normalized spacial score (nSPS) is 11.6. The van der Waals surface area contributed by atoms with E-state index in [1.54, 1.807) is 60.7 Å². The average molecular weight is 671 g/mol. The molecule has 0 fully saturated rings. The molecule has 6 rings (SSSR count). The van der Waals surface area contributed by atoms with E-state index >= 15 is 0 Å². The van der Waals surface area contributed by atoms with E-state index in [1.807, 2.05) is 36.4 Å². The third-order valence-electron chi connectivity index (χ3n) is 8.14.